The molecule has 2 aromatic carbocycles. The van der Waals surface area contributed by atoms with E-state index in [1.165, 1.54) is 0 Å². The Hall–Kier alpha value is -2.62. The second-order valence-electron chi connectivity index (χ2n) is 6.06. The summed E-state index contributed by atoms with van der Waals surface area (Å²) in [6, 6.07) is 15.1. The molecular formula is C19H19NO3. The van der Waals surface area contributed by atoms with Gasteiger partial charge >= 0.3 is 5.97 Å². The minimum atomic E-state index is -1.17. The zero-order chi connectivity index (χ0) is 16.4. The number of benzene rings is 2. The van der Waals surface area contributed by atoms with Crippen LogP contribution in [0.1, 0.15) is 34.0 Å². The van der Waals surface area contributed by atoms with Gasteiger partial charge in [0.25, 0.3) is 5.91 Å². The summed E-state index contributed by atoms with van der Waals surface area (Å²) in [7, 11) is 0. The number of hydrogen-bond donors (Lipinski definition) is 1. The lowest BCUT2D eigenvalue weighted by atomic mass is 9.89. The Balaban J connectivity index is 1.75. The molecule has 1 aliphatic heterocycles. The van der Waals surface area contributed by atoms with Crippen molar-refractivity contribution in [3.8, 4) is 0 Å². The molecule has 4 nitrogen and oxygen atoms in total. The lowest BCUT2D eigenvalue weighted by molar-refractivity contribution is -0.139. The van der Waals surface area contributed by atoms with Crippen LogP contribution in [-0.2, 0) is 22.5 Å². The van der Waals surface area contributed by atoms with Crippen molar-refractivity contribution in [2.45, 2.75) is 32.4 Å². The van der Waals surface area contributed by atoms with E-state index in [9.17, 15) is 9.59 Å². The van der Waals surface area contributed by atoms with E-state index < -0.39 is 11.6 Å². The predicted octanol–water partition coefficient (Wildman–Crippen LogP) is 2.78. The third-order valence-electron chi connectivity index (χ3n) is 4.26. The highest BCUT2D eigenvalue weighted by Gasteiger charge is 2.42. The Kier molecular flexibility index (Phi) is 3.90. The summed E-state index contributed by atoms with van der Waals surface area (Å²) in [6.45, 7) is 4.08. The first kappa shape index (κ1) is 15.3. The molecule has 1 unspecified atom stereocenters. The van der Waals surface area contributed by atoms with E-state index in [-0.39, 0.29) is 5.91 Å². The van der Waals surface area contributed by atoms with Crippen molar-refractivity contribution in [3.63, 3.8) is 0 Å². The first-order chi connectivity index (χ1) is 11.0. The molecule has 0 saturated heterocycles. The summed E-state index contributed by atoms with van der Waals surface area (Å²) < 4.78 is 5.43. The molecule has 0 saturated carbocycles. The highest BCUT2D eigenvalue weighted by atomic mass is 16.6. The second kappa shape index (κ2) is 5.88. The van der Waals surface area contributed by atoms with Crippen LogP contribution in [0.2, 0.25) is 0 Å². The van der Waals surface area contributed by atoms with Crippen LogP contribution in [0, 0.1) is 6.92 Å². The van der Waals surface area contributed by atoms with Gasteiger partial charge < -0.3 is 10.1 Å². The van der Waals surface area contributed by atoms with Crippen molar-refractivity contribution in [2.24, 2.45) is 0 Å². The third kappa shape index (κ3) is 2.97. The van der Waals surface area contributed by atoms with E-state index in [0.29, 0.717) is 18.5 Å². The highest BCUT2D eigenvalue weighted by Crippen LogP contribution is 2.28. The number of ether oxygens (including phenoxy) is 1. The maximum absolute atomic E-state index is 12.6. The van der Waals surface area contributed by atoms with E-state index in [4.69, 9.17) is 4.74 Å². The summed E-state index contributed by atoms with van der Waals surface area (Å²) in [5, 5.41) is 2.89. The molecule has 1 atom stereocenters. The molecule has 0 bridgehead atoms. The summed E-state index contributed by atoms with van der Waals surface area (Å²) in [6.07, 6.45) is 0.383. The predicted molar refractivity (Wildman–Crippen MR) is 87.0 cm³/mol. The maximum atomic E-state index is 12.6. The Labute approximate surface area is 135 Å². The number of carbonyl (C=O) groups excluding carboxylic acids is 2. The summed E-state index contributed by atoms with van der Waals surface area (Å²) in [5.74, 6) is -0.719. The van der Waals surface area contributed by atoms with E-state index in [2.05, 4.69) is 5.32 Å². The van der Waals surface area contributed by atoms with Gasteiger partial charge in [0.05, 0.1) is 5.56 Å². The number of amides is 1. The SMILES string of the molecule is Cc1ccccc1CNC(=O)C1(C)Cc2ccccc2C(=O)O1. The van der Waals surface area contributed by atoms with Gasteiger partial charge in [-0.15, -0.1) is 0 Å². The molecule has 0 aromatic heterocycles. The van der Waals surface area contributed by atoms with Crippen LogP contribution in [0.3, 0.4) is 0 Å². The van der Waals surface area contributed by atoms with E-state index in [0.717, 1.165) is 16.7 Å². The van der Waals surface area contributed by atoms with Gasteiger partial charge in [-0.1, -0.05) is 42.5 Å². The van der Waals surface area contributed by atoms with Gasteiger partial charge in [0.15, 0.2) is 5.60 Å². The first-order valence-corrected chi connectivity index (χ1v) is 7.64. The number of hydrogen-bond acceptors (Lipinski definition) is 3. The van der Waals surface area contributed by atoms with Crippen molar-refractivity contribution in [1.29, 1.82) is 0 Å². The maximum Gasteiger partial charge on any atom is 0.339 e. The molecule has 3 rings (SSSR count). The number of nitrogens with one attached hydrogen (secondary N) is 1. The molecule has 2 aromatic rings. The van der Waals surface area contributed by atoms with Gasteiger partial charge in [0.1, 0.15) is 0 Å². The smallest absolute Gasteiger partial charge is 0.339 e. The van der Waals surface area contributed by atoms with Gasteiger partial charge in [0.2, 0.25) is 0 Å². The quantitative estimate of drug-likeness (QED) is 0.887. The van der Waals surface area contributed by atoms with Crippen molar-refractivity contribution in [3.05, 3.63) is 70.8 Å². The van der Waals surface area contributed by atoms with Crippen molar-refractivity contribution in [2.75, 3.05) is 0 Å². The van der Waals surface area contributed by atoms with Crippen LogP contribution in [0.15, 0.2) is 48.5 Å². The number of carbonyl (C=O) groups is 2. The number of fused-ring (bicyclic) bond motifs is 1. The van der Waals surface area contributed by atoms with Crippen molar-refractivity contribution < 1.29 is 14.3 Å². The largest absolute Gasteiger partial charge is 0.445 e. The molecule has 0 aliphatic carbocycles. The van der Waals surface area contributed by atoms with Gasteiger partial charge in [-0.3, -0.25) is 4.79 Å². The van der Waals surface area contributed by atoms with Crippen LogP contribution in [0.25, 0.3) is 0 Å². The molecule has 1 N–H and O–H groups in total. The normalized spacial score (nSPS) is 19.7. The second-order valence-corrected chi connectivity index (χ2v) is 6.06. The Morgan fingerprint density at radius 1 is 1.17 bits per heavy atom. The zero-order valence-corrected chi connectivity index (χ0v) is 13.3. The molecule has 23 heavy (non-hydrogen) atoms. The Morgan fingerprint density at radius 3 is 2.65 bits per heavy atom. The Morgan fingerprint density at radius 2 is 1.87 bits per heavy atom. The van der Waals surface area contributed by atoms with Crippen LogP contribution >= 0.6 is 0 Å². The van der Waals surface area contributed by atoms with Crippen LogP contribution < -0.4 is 5.32 Å². The fraction of sp³-hybridized carbons (Fsp3) is 0.263. The summed E-state index contributed by atoms with van der Waals surface area (Å²) >= 11 is 0. The van der Waals surface area contributed by atoms with E-state index in [1.54, 1.807) is 19.1 Å². The van der Waals surface area contributed by atoms with Crippen LogP contribution in [0.4, 0.5) is 0 Å². The zero-order valence-electron chi connectivity index (χ0n) is 13.3. The standard InChI is InChI=1S/C19H19NO3/c1-13-7-3-4-9-15(13)12-20-18(22)19(2)11-14-8-5-6-10-16(14)17(21)23-19/h3-10H,11-12H2,1-2H3,(H,20,22). The number of rotatable bonds is 3. The van der Waals surface area contributed by atoms with Crippen LogP contribution in [-0.4, -0.2) is 17.5 Å². The number of cyclic esters (lactones) is 1. The van der Waals surface area contributed by atoms with Gasteiger partial charge in [0, 0.05) is 13.0 Å². The minimum Gasteiger partial charge on any atom is -0.445 e. The molecule has 0 spiro atoms. The first-order valence-electron chi connectivity index (χ1n) is 7.64. The molecular weight excluding hydrogens is 290 g/mol. The fourth-order valence-electron chi connectivity index (χ4n) is 2.83. The van der Waals surface area contributed by atoms with Gasteiger partial charge in [-0.25, -0.2) is 4.79 Å². The van der Waals surface area contributed by atoms with Crippen molar-refractivity contribution >= 4 is 11.9 Å². The van der Waals surface area contributed by atoms with E-state index >= 15 is 0 Å². The average Bonchev–Trinajstić information content (AvgIpc) is 2.53. The molecule has 1 heterocycles. The average molecular weight is 309 g/mol. The molecule has 4 heteroatoms. The van der Waals surface area contributed by atoms with Crippen molar-refractivity contribution in [1.82, 2.24) is 5.32 Å². The molecule has 1 aliphatic rings. The molecule has 1 amide bonds. The number of esters is 1. The van der Waals surface area contributed by atoms with Gasteiger partial charge in [-0.2, -0.15) is 0 Å². The highest BCUT2D eigenvalue weighted by molar-refractivity contribution is 5.97. The Bertz CT molecular complexity index is 769. The minimum absolute atomic E-state index is 0.274. The fourth-order valence-corrected chi connectivity index (χ4v) is 2.83. The molecule has 0 radical (unpaired) electrons. The third-order valence-corrected chi connectivity index (χ3v) is 4.26. The topological polar surface area (TPSA) is 55.4 Å². The molecule has 118 valence electrons. The lowest BCUT2D eigenvalue weighted by Gasteiger charge is -2.33. The van der Waals surface area contributed by atoms with Gasteiger partial charge in [-0.05, 0) is 36.6 Å². The summed E-state index contributed by atoms with van der Waals surface area (Å²) in [4.78, 5) is 24.7. The number of aryl methyl sites for hydroxylation is 1. The van der Waals surface area contributed by atoms with Crippen LogP contribution in [0.5, 0.6) is 0 Å². The monoisotopic (exact) mass is 309 g/mol. The summed E-state index contributed by atoms with van der Waals surface area (Å²) in [5.41, 5.74) is 2.37. The van der Waals surface area contributed by atoms with E-state index in [1.807, 2.05) is 43.3 Å². The lowest BCUT2D eigenvalue weighted by Crippen LogP contribution is -2.51. The molecule has 0 fully saturated rings.